The SMILES string of the molecule is NC/C=C/c1ccc(S(=O)(=O)C2CC2)c(Br)c1. The van der Waals surface area contributed by atoms with Crippen molar-refractivity contribution in [3.05, 3.63) is 34.3 Å². The van der Waals surface area contributed by atoms with Crippen LogP contribution < -0.4 is 5.73 Å². The van der Waals surface area contributed by atoms with Crippen LogP contribution in [0.2, 0.25) is 0 Å². The van der Waals surface area contributed by atoms with Crippen LogP contribution in [0.3, 0.4) is 0 Å². The Morgan fingerprint density at radius 1 is 1.41 bits per heavy atom. The molecular weight excluding hydrogens is 302 g/mol. The molecule has 5 heteroatoms. The van der Waals surface area contributed by atoms with Gasteiger partial charge in [0.25, 0.3) is 0 Å². The summed E-state index contributed by atoms with van der Waals surface area (Å²) in [6.45, 7) is 0.472. The highest BCUT2D eigenvalue weighted by molar-refractivity contribution is 9.10. The fourth-order valence-electron chi connectivity index (χ4n) is 1.61. The van der Waals surface area contributed by atoms with E-state index >= 15 is 0 Å². The summed E-state index contributed by atoms with van der Waals surface area (Å²) in [5.74, 6) is 0. The lowest BCUT2D eigenvalue weighted by Gasteiger charge is -2.06. The van der Waals surface area contributed by atoms with Gasteiger partial charge in [-0.2, -0.15) is 0 Å². The lowest BCUT2D eigenvalue weighted by atomic mass is 10.2. The van der Waals surface area contributed by atoms with Gasteiger partial charge < -0.3 is 5.73 Å². The van der Waals surface area contributed by atoms with Crippen molar-refractivity contribution in [2.75, 3.05) is 6.54 Å². The zero-order chi connectivity index (χ0) is 12.5. The quantitative estimate of drug-likeness (QED) is 0.927. The maximum atomic E-state index is 12.1. The summed E-state index contributed by atoms with van der Waals surface area (Å²) in [7, 11) is -3.13. The van der Waals surface area contributed by atoms with Gasteiger partial charge in [-0.1, -0.05) is 18.2 Å². The number of hydrogen-bond acceptors (Lipinski definition) is 3. The Morgan fingerprint density at radius 2 is 2.12 bits per heavy atom. The summed E-state index contributed by atoms with van der Waals surface area (Å²) in [6.07, 6.45) is 5.27. The minimum Gasteiger partial charge on any atom is -0.327 e. The topological polar surface area (TPSA) is 60.2 Å². The van der Waals surface area contributed by atoms with Gasteiger partial charge in [-0.15, -0.1) is 0 Å². The molecule has 1 saturated carbocycles. The maximum absolute atomic E-state index is 12.1. The first-order chi connectivity index (χ1) is 8.05. The standard InChI is InChI=1S/C12H14BrNO2S/c13-11-8-9(2-1-7-14)3-6-12(11)17(15,16)10-4-5-10/h1-3,6,8,10H,4-5,7,14H2/b2-1+. The van der Waals surface area contributed by atoms with E-state index in [0.717, 1.165) is 18.4 Å². The summed E-state index contributed by atoms with van der Waals surface area (Å²) in [6, 6.07) is 5.27. The van der Waals surface area contributed by atoms with Crippen molar-refractivity contribution in [2.45, 2.75) is 23.0 Å². The normalized spacial score (nSPS) is 16.6. The molecular formula is C12H14BrNO2S. The molecule has 92 valence electrons. The predicted molar refractivity (Wildman–Crippen MR) is 72.4 cm³/mol. The molecule has 0 amide bonds. The van der Waals surface area contributed by atoms with Crippen molar-refractivity contribution < 1.29 is 8.42 Å². The first kappa shape index (κ1) is 12.8. The molecule has 0 aliphatic heterocycles. The van der Waals surface area contributed by atoms with E-state index in [2.05, 4.69) is 15.9 Å². The van der Waals surface area contributed by atoms with E-state index < -0.39 is 9.84 Å². The molecule has 0 unspecified atom stereocenters. The maximum Gasteiger partial charge on any atom is 0.182 e. The Labute approximate surface area is 110 Å². The smallest absolute Gasteiger partial charge is 0.182 e. The van der Waals surface area contributed by atoms with Crippen LogP contribution in [0, 0.1) is 0 Å². The zero-order valence-electron chi connectivity index (χ0n) is 9.27. The van der Waals surface area contributed by atoms with E-state index in [1.807, 2.05) is 12.2 Å². The molecule has 0 bridgehead atoms. The third kappa shape index (κ3) is 2.78. The molecule has 2 N–H and O–H groups in total. The van der Waals surface area contributed by atoms with Crippen molar-refractivity contribution in [1.29, 1.82) is 0 Å². The number of benzene rings is 1. The third-order valence-corrected chi connectivity index (χ3v) is 5.91. The summed E-state index contributed by atoms with van der Waals surface area (Å²) < 4.78 is 24.8. The average Bonchev–Trinajstić information content (AvgIpc) is 3.10. The van der Waals surface area contributed by atoms with E-state index in [1.165, 1.54) is 0 Å². The Morgan fingerprint density at radius 3 is 2.65 bits per heavy atom. The van der Waals surface area contributed by atoms with Gasteiger partial charge in [-0.05, 0) is 46.5 Å². The molecule has 1 fully saturated rings. The fourth-order valence-corrected chi connectivity index (χ4v) is 4.39. The second-order valence-corrected chi connectivity index (χ2v) is 7.12. The Kier molecular flexibility index (Phi) is 3.70. The van der Waals surface area contributed by atoms with E-state index in [1.54, 1.807) is 18.2 Å². The van der Waals surface area contributed by atoms with Crippen molar-refractivity contribution in [2.24, 2.45) is 5.73 Å². The molecule has 1 aromatic rings. The highest BCUT2D eigenvalue weighted by Gasteiger charge is 2.37. The van der Waals surface area contributed by atoms with E-state index in [4.69, 9.17) is 5.73 Å². The van der Waals surface area contributed by atoms with Crippen molar-refractivity contribution >= 4 is 31.8 Å². The van der Waals surface area contributed by atoms with Crippen LogP contribution in [-0.4, -0.2) is 20.2 Å². The lowest BCUT2D eigenvalue weighted by molar-refractivity contribution is 0.594. The molecule has 0 heterocycles. The number of nitrogens with two attached hydrogens (primary N) is 1. The van der Waals surface area contributed by atoms with Gasteiger partial charge in [-0.3, -0.25) is 0 Å². The van der Waals surface area contributed by atoms with Crippen LogP contribution >= 0.6 is 15.9 Å². The van der Waals surface area contributed by atoms with Gasteiger partial charge in [0.1, 0.15) is 0 Å². The molecule has 1 aromatic carbocycles. The number of halogens is 1. The Hall–Kier alpha value is -0.650. The minimum atomic E-state index is -3.13. The summed E-state index contributed by atoms with van der Waals surface area (Å²) >= 11 is 3.33. The van der Waals surface area contributed by atoms with E-state index in [9.17, 15) is 8.42 Å². The summed E-state index contributed by atoms with van der Waals surface area (Å²) in [5, 5.41) is -0.177. The molecule has 1 aliphatic rings. The molecule has 2 rings (SSSR count). The monoisotopic (exact) mass is 315 g/mol. The molecule has 3 nitrogen and oxygen atoms in total. The number of hydrogen-bond donors (Lipinski definition) is 1. The second-order valence-electron chi connectivity index (χ2n) is 4.07. The van der Waals surface area contributed by atoms with Crippen LogP contribution in [-0.2, 0) is 9.84 Å². The lowest BCUT2D eigenvalue weighted by Crippen LogP contribution is -2.07. The molecule has 0 saturated heterocycles. The van der Waals surface area contributed by atoms with E-state index in [-0.39, 0.29) is 5.25 Å². The molecule has 0 aromatic heterocycles. The van der Waals surface area contributed by atoms with Crippen LogP contribution in [0.25, 0.3) is 6.08 Å². The molecule has 0 spiro atoms. The van der Waals surface area contributed by atoms with Crippen molar-refractivity contribution in [3.8, 4) is 0 Å². The van der Waals surface area contributed by atoms with Crippen molar-refractivity contribution in [1.82, 2.24) is 0 Å². The Balaban J connectivity index is 2.35. The molecule has 0 atom stereocenters. The summed E-state index contributed by atoms with van der Waals surface area (Å²) in [5.41, 5.74) is 6.31. The van der Waals surface area contributed by atoms with Gasteiger partial charge in [0.2, 0.25) is 0 Å². The highest BCUT2D eigenvalue weighted by Crippen LogP contribution is 2.36. The minimum absolute atomic E-state index is 0.177. The van der Waals surface area contributed by atoms with Gasteiger partial charge >= 0.3 is 0 Å². The zero-order valence-corrected chi connectivity index (χ0v) is 11.7. The summed E-state index contributed by atoms with van der Waals surface area (Å²) in [4.78, 5) is 0.393. The van der Waals surface area contributed by atoms with Crippen molar-refractivity contribution in [3.63, 3.8) is 0 Å². The predicted octanol–water partition coefficient (Wildman–Crippen LogP) is 2.36. The average molecular weight is 316 g/mol. The van der Waals surface area contributed by atoms with Gasteiger partial charge in [-0.25, -0.2) is 8.42 Å². The van der Waals surface area contributed by atoms with E-state index in [0.29, 0.717) is 15.9 Å². The van der Waals surface area contributed by atoms with Gasteiger partial charge in [0.15, 0.2) is 9.84 Å². The Bertz CT molecular complexity index is 548. The first-order valence-electron chi connectivity index (χ1n) is 5.46. The van der Waals surface area contributed by atoms with Crippen LogP contribution in [0.4, 0.5) is 0 Å². The number of sulfone groups is 1. The molecule has 17 heavy (non-hydrogen) atoms. The van der Waals surface area contributed by atoms with Crippen LogP contribution in [0.5, 0.6) is 0 Å². The third-order valence-electron chi connectivity index (χ3n) is 2.67. The second kappa shape index (κ2) is 4.92. The van der Waals surface area contributed by atoms with Crippen LogP contribution in [0.1, 0.15) is 18.4 Å². The molecule has 0 radical (unpaired) electrons. The largest absolute Gasteiger partial charge is 0.327 e. The fraction of sp³-hybridized carbons (Fsp3) is 0.333. The van der Waals surface area contributed by atoms with Crippen LogP contribution in [0.15, 0.2) is 33.6 Å². The van der Waals surface area contributed by atoms with Gasteiger partial charge in [0, 0.05) is 11.0 Å². The molecule has 1 aliphatic carbocycles. The number of rotatable bonds is 4. The van der Waals surface area contributed by atoms with Gasteiger partial charge in [0.05, 0.1) is 10.1 Å². The highest BCUT2D eigenvalue weighted by atomic mass is 79.9. The first-order valence-corrected chi connectivity index (χ1v) is 7.79.